The fourth-order valence-corrected chi connectivity index (χ4v) is 393. The predicted molar refractivity (Wildman–Crippen MR) is 57.0 cm³/mol. The Bertz CT molecular complexity index is 60.5. The Morgan fingerprint density at radius 2 is 1.14 bits per heavy atom. The molecule has 0 radical (unpaired) electrons. The smallest absolute Gasteiger partial charge is 0.00481 e. The second-order valence-electron chi connectivity index (χ2n) is 3.21. The molecule has 0 N–H and O–H groups in total. The fourth-order valence-electron chi connectivity index (χ4n) is 1.85. The van der Waals surface area contributed by atoms with E-state index in [2.05, 4.69) is 0 Å². The van der Waals surface area contributed by atoms with Gasteiger partial charge in [-0.05, 0) is 57.5 Å². The minimum Gasteiger partial charge on any atom is -0.00918 e. The molecule has 0 atom stereocenters. The molecule has 2 aliphatic heterocycles. The van der Waals surface area contributed by atoms with Crippen LogP contribution in [0.5, 0.6) is 0 Å². The van der Waals surface area contributed by atoms with Crippen LogP contribution in [-0.2, 0) is 0 Å². The van der Waals surface area contributed by atoms with Crippen molar-refractivity contribution in [3.05, 3.63) is 0 Å². The van der Waals surface area contributed by atoms with Crippen LogP contribution in [0.15, 0.2) is 0 Å². The van der Waals surface area contributed by atoms with Crippen LogP contribution in [-0.4, -0.2) is 57.5 Å². The molecule has 0 unspecified atom stereocenters. The normalized spacial score (nSPS) is 68.6. The Hall–Kier alpha value is 1.52. The monoisotopic (exact) mass is 208 g/mol. The second kappa shape index (κ2) is 1.75. The van der Waals surface area contributed by atoms with Crippen LogP contribution in [0, 0.1) is 0 Å². The molecule has 7 heteroatoms. The highest BCUT2D eigenvalue weighted by atomic mass is 30.5. The molecule has 0 amide bonds. The van der Waals surface area contributed by atoms with Crippen LogP contribution in [0.3, 0.4) is 0 Å². The molecule has 0 aromatic heterocycles. The van der Waals surface area contributed by atoms with Crippen molar-refractivity contribution in [1.82, 2.24) is 0 Å². The lowest BCUT2D eigenvalue weighted by molar-refractivity contribution is 3.31. The maximum Gasteiger partial charge on any atom is -0.00481 e. The van der Waals surface area contributed by atoms with E-state index in [1.807, 2.05) is 0 Å². The van der Waals surface area contributed by atoms with E-state index < -0.39 is 0 Å². The lowest BCUT2D eigenvalue weighted by Crippen LogP contribution is -2.83. The number of rotatable bonds is 0. The van der Waals surface area contributed by atoms with Gasteiger partial charge in [0, 0.05) is 0 Å². The van der Waals surface area contributed by atoms with Crippen LogP contribution in [0.1, 0.15) is 0 Å². The maximum atomic E-state index is 1.01. The number of hydrogen-bond donors (Lipinski definition) is 0. The molecule has 0 aliphatic carbocycles. The lowest BCUT2D eigenvalue weighted by atomic mass is 25.6. The average Bonchev–Trinajstić information content (AvgIpc) is 1.20. The van der Waals surface area contributed by atoms with Gasteiger partial charge in [0.25, 0.3) is 0 Å². The molecule has 0 nitrogen and oxygen atoms in total. The van der Waals surface area contributed by atoms with Crippen LogP contribution >= 0.6 is 0 Å². The SMILES string of the molecule is [SiH2]1[SiH2][Si]2([SiH2]1)[SiH2][SiH2][SiH2]2. The topological polar surface area (TPSA) is 0 Å². The van der Waals surface area contributed by atoms with Crippen molar-refractivity contribution in [2.75, 3.05) is 0 Å². The second-order valence-corrected chi connectivity index (χ2v) is 86.6. The van der Waals surface area contributed by atoms with Crippen molar-refractivity contribution >= 4 is 57.5 Å². The standard InChI is InChI=1S/H12Si7/c1-3-7(4-1)5-2-6-7/h1-6H2. The minimum absolute atomic E-state index is 0.389. The third-order valence-electron chi connectivity index (χ3n) is 2.83. The van der Waals surface area contributed by atoms with E-state index in [1.54, 1.807) is 0 Å². The van der Waals surface area contributed by atoms with Gasteiger partial charge in [-0.1, -0.05) is 0 Å². The lowest BCUT2D eigenvalue weighted by Gasteiger charge is -2.46. The van der Waals surface area contributed by atoms with Crippen molar-refractivity contribution in [2.24, 2.45) is 0 Å². The van der Waals surface area contributed by atoms with Gasteiger partial charge in [0.2, 0.25) is 0 Å². The predicted octanol–water partition coefficient (Wildman–Crippen LogP) is -5.88. The Morgan fingerprint density at radius 3 is 1.14 bits per heavy atom. The van der Waals surface area contributed by atoms with Gasteiger partial charge in [-0.2, -0.15) is 0 Å². The van der Waals surface area contributed by atoms with Crippen molar-refractivity contribution in [3.63, 3.8) is 0 Å². The molecule has 0 bridgehead atoms. The van der Waals surface area contributed by atoms with Crippen LogP contribution in [0.4, 0.5) is 0 Å². The van der Waals surface area contributed by atoms with Crippen LogP contribution in [0.2, 0.25) is 0 Å². The Morgan fingerprint density at radius 1 is 0.714 bits per heavy atom. The first-order chi connectivity index (χ1) is 3.41. The van der Waals surface area contributed by atoms with Gasteiger partial charge in [-0.25, -0.2) is 0 Å². The maximum absolute atomic E-state index is 1.01. The summed E-state index contributed by atoms with van der Waals surface area (Å²) in [6, 6.07) is 0. The highest BCUT2D eigenvalue weighted by molar-refractivity contribution is 8.21. The molecule has 2 fully saturated rings. The van der Waals surface area contributed by atoms with Crippen LogP contribution < -0.4 is 0 Å². The third kappa shape index (κ3) is 0.746. The summed E-state index contributed by atoms with van der Waals surface area (Å²) in [5.74, 6) is 0. The largest absolute Gasteiger partial charge is 0.00918 e. The molecular formula is H12Si7. The van der Waals surface area contributed by atoms with Gasteiger partial charge in [0.15, 0.2) is 0 Å². The van der Waals surface area contributed by atoms with Crippen molar-refractivity contribution in [3.8, 4) is 0 Å². The van der Waals surface area contributed by atoms with E-state index in [9.17, 15) is 0 Å². The summed E-state index contributed by atoms with van der Waals surface area (Å²) in [7, 11) is 5.97. The molecule has 2 heterocycles. The zero-order valence-corrected chi connectivity index (χ0v) is 14.2. The van der Waals surface area contributed by atoms with Crippen molar-refractivity contribution in [2.45, 2.75) is 0 Å². The van der Waals surface area contributed by atoms with Crippen LogP contribution in [0.25, 0.3) is 0 Å². The zero-order valence-electron chi connectivity index (χ0n) is 4.74. The Labute approximate surface area is 57.5 Å². The number of hydrogen-bond acceptors (Lipinski definition) is 0. The summed E-state index contributed by atoms with van der Waals surface area (Å²) < 4.78 is 0. The van der Waals surface area contributed by atoms with Gasteiger partial charge in [-0.3, -0.25) is 0 Å². The molecule has 2 rings (SSSR count). The molecule has 0 aromatic carbocycles. The Kier molecular flexibility index (Phi) is 1.33. The highest BCUT2D eigenvalue weighted by Crippen LogP contribution is 2.07. The minimum atomic E-state index is 0.389. The van der Waals surface area contributed by atoms with Crippen molar-refractivity contribution < 1.29 is 0 Å². The molecule has 0 saturated carbocycles. The first kappa shape index (κ1) is 5.31. The zero-order chi connectivity index (χ0) is 4.74. The van der Waals surface area contributed by atoms with Gasteiger partial charge >= 0.3 is 0 Å². The van der Waals surface area contributed by atoms with Crippen molar-refractivity contribution in [1.29, 1.82) is 0 Å². The molecule has 40 valence electrons. The fraction of sp³-hybridized carbons (Fsp3) is 0. The first-order valence-corrected chi connectivity index (χ1v) is 30.7. The molecule has 2 saturated heterocycles. The van der Waals surface area contributed by atoms with E-state index in [0.29, 0.717) is 6.14 Å². The summed E-state index contributed by atoms with van der Waals surface area (Å²) in [6.45, 7) is 0. The van der Waals surface area contributed by atoms with E-state index in [1.165, 1.54) is 0 Å². The molecule has 1 spiro atoms. The molecular weight excluding hydrogens is 197 g/mol. The van der Waals surface area contributed by atoms with E-state index in [-0.39, 0.29) is 0 Å². The van der Waals surface area contributed by atoms with E-state index in [4.69, 9.17) is 0 Å². The summed E-state index contributed by atoms with van der Waals surface area (Å²) >= 11 is 0. The average molecular weight is 209 g/mol. The summed E-state index contributed by atoms with van der Waals surface area (Å²) in [5.41, 5.74) is 0. The summed E-state index contributed by atoms with van der Waals surface area (Å²) in [5, 5.41) is 0. The first-order valence-electron chi connectivity index (χ1n) is 3.41. The molecule has 0 aromatic rings. The molecule has 7 heavy (non-hydrogen) atoms. The highest BCUT2D eigenvalue weighted by Gasteiger charge is 2.45. The summed E-state index contributed by atoms with van der Waals surface area (Å²) in [6.07, 6.45) is 0.389. The van der Waals surface area contributed by atoms with Gasteiger partial charge < -0.3 is 0 Å². The van der Waals surface area contributed by atoms with Gasteiger partial charge in [0.05, 0.1) is 0 Å². The van der Waals surface area contributed by atoms with Gasteiger partial charge in [0.1, 0.15) is 0 Å². The third-order valence-corrected chi connectivity index (χ3v) is 229. The Balaban J connectivity index is 2.00. The summed E-state index contributed by atoms with van der Waals surface area (Å²) in [4.78, 5) is 0. The molecule has 2 aliphatic rings. The van der Waals surface area contributed by atoms with Gasteiger partial charge in [-0.15, -0.1) is 0 Å². The quantitative estimate of drug-likeness (QED) is 0.348. The van der Waals surface area contributed by atoms with E-state index >= 15 is 0 Å². The van der Waals surface area contributed by atoms with E-state index in [0.717, 1.165) is 51.3 Å².